The highest BCUT2D eigenvalue weighted by Crippen LogP contribution is 2.31. The maximum atomic E-state index is 6.09. The van der Waals surface area contributed by atoms with Crippen LogP contribution in [0.1, 0.15) is 0 Å². The molecule has 5 aromatic rings. The first-order chi connectivity index (χ1) is 15.2. The molecule has 0 bridgehead atoms. The van der Waals surface area contributed by atoms with E-state index in [9.17, 15) is 0 Å². The Morgan fingerprint density at radius 2 is 1.61 bits per heavy atom. The zero-order valence-electron chi connectivity index (χ0n) is 16.2. The quantitative estimate of drug-likeness (QED) is 0.392. The Kier molecular flexibility index (Phi) is 4.90. The molecule has 3 heterocycles. The van der Waals surface area contributed by atoms with Crippen molar-refractivity contribution in [2.75, 3.05) is 5.73 Å². The minimum Gasteiger partial charge on any atom is -0.457 e. The number of pyridine rings is 2. The molecule has 6 nitrogen and oxygen atoms in total. The van der Waals surface area contributed by atoms with Gasteiger partial charge < -0.3 is 10.5 Å². The number of fused-ring (bicyclic) bond motifs is 1. The van der Waals surface area contributed by atoms with Gasteiger partial charge in [-0.05, 0) is 66.7 Å². The Hall–Kier alpha value is -4.03. The van der Waals surface area contributed by atoms with Crippen molar-refractivity contribution in [1.29, 1.82) is 0 Å². The number of aromatic nitrogens is 4. The number of nitrogen functional groups attached to an aromatic ring is 1. The lowest BCUT2D eigenvalue weighted by Gasteiger charge is -2.10. The first kappa shape index (κ1) is 19.0. The van der Waals surface area contributed by atoms with E-state index in [2.05, 4.69) is 19.9 Å². The first-order valence-corrected chi connectivity index (χ1v) is 9.91. The van der Waals surface area contributed by atoms with E-state index in [4.69, 9.17) is 22.1 Å². The van der Waals surface area contributed by atoms with Crippen LogP contribution in [-0.2, 0) is 0 Å². The summed E-state index contributed by atoms with van der Waals surface area (Å²) in [7, 11) is 0. The van der Waals surface area contributed by atoms with E-state index in [1.165, 1.54) is 0 Å². The molecule has 0 aliphatic heterocycles. The second-order valence-electron chi connectivity index (χ2n) is 6.84. The van der Waals surface area contributed by atoms with E-state index in [1.54, 1.807) is 18.6 Å². The van der Waals surface area contributed by atoms with Crippen LogP contribution in [0.25, 0.3) is 33.4 Å². The van der Waals surface area contributed by atoms with Gasteiger partial charge in [-0.2, -0.15) is 0 Å². The van der Waals surface area contributed by atoms with Crippen molar-refractivity contribution in [3.8, 4) is 34.0 Å². The van der Waals surface area contributed by atoms with Gasteiger partial charge in [-0.1, -0.05) is 11.6 Å². The number of nitrogens with two attached hydrogens (primary N) is 1. The monoisotopic (exact) mass is 425 g/mol. The van der Waals surface area contributed by atoms with Gasteiger partial charge in [0.2, 0.25) is 5.95 Å². The Balaban J connectivity index is 1.44. The lowest BCUT2D eigenvalue weighted by atomic mass is 10.1. The number of rotatable bonds is 4. The molecule has 0 saturated carbocycles. The molecular formula is C24H16ClN5O. The molecule has 0 aliphatic carbocycles. The van der Waals surface area contributed by atoms with Crippen LogP contribution in [0.3, 0.4) is 0 Å². The topological polar surface area (TPSA) is 86.8 Å². The third kappa shape index (κ3) is 4.01. The van der Waals surface area contributed by atoms with E-state index in [-0.39, 0.29) is 5.95 Å². The van der Waals surface area contributed by atoms with Gasteiger partial charge in [-0.3, -0.25) is 9.97 Å². The van der Waals surface area contributed by atoms with Crippen LogP contribution in [0.4, 0.5) is 5.95 Å². The molecule has 0 fully saturated rings. The molecule has 0 spiro atoms. The second kappa shape index (κ2) is 8.01. The highest BCUT2D eigenvalue weighted by molar-refractivity contribution is 6.31. The van der Waals surface area contributed by atoms with Crippen molar-refractivity contribution < 1.29 is 4.74 Å². The summed E-state index contributed by atoms with van der Waals surface area (Å²) < 4.78 is 6.09. The number of halogens is 1. The zero-order valence-corrected chi connectivity index (χ0v) is 17.0. The average molecular weight is 426 g/mol. The number of hydrogen-bond donors (Lipinski definition) is 1. The predicted octanol–water partition coefficient (Wildman–Crippen LogP) is 5.78. The number of benzene rings is 2. The minimum absolute atomic E-state index is 0.207. The largest absolute Gasteiger partial charge is 0.457 e. The van der Waals surface area contributed by atoms with Gasteiger partial charge in [0.15, 0.2) is 0 Å². The Morgan fingerprint density at radius 3 is 2.39 bits per heavy atom. The third-order valence-corrected chi connectivity index (χ3v) is 4.98. The normalized spacial score (nSPS) is 10.9. The lowest BCUT2D eigenvalue weighted by Crippen LogP contribution is -1.98. The first-order valence-electron chi connectivity index (χ1n) is 9.53. The maximum Gasteiger partial charge on any atom is 0.221 e. The van der Waals surface area contributed by atoms with Gasteiger partial charge in [0.25, 0.3) is 0 Å². The molecule has 150 valence electrons. The summed E-state index contributed by atoms with van der Waals surface area (Å²) in [6.45, 7) is 0. The van der Waals surface area contributed by atoms with Crippen LogP contribution in [0.15, 0.2) is 85.3 Å². The second-order valence-corrected chi connectivity index (χ2v) is 7.27. The summed E-state index contributed by atoms with van der Waals surface area (Å²) in [6.07, 6.45) is 5.16. The van der Waals surface area contributed by atoms with Gasteiger partial charge in [-0.15, -0.1) is 0 Å². The van der Waals surface area contributed by atoms with Crippen LogP contribution in [0.2, 0.25) is 5.02 Å². The molecular weight excluding hydrogens is 410 g/mol. The van der Waals surface area contributed by atoms with Gasteiger partial charge in [0, 0.05) is 40.1 Å². The Bertz CT molecular complexity index is 1370. The van der Waals surface area contributed by atoms with E-state index in [0.717, 1.165) is 33.4 Å². The van der Waals surface area contributed by atoms with Gasteiger partial charge in [0.1, 0.15) is 11.5 Å². The van der Waals surface area contributed by atoms with Gasteiger partial charge >= 0.3 is 0 Å². The summed E-state index contributed by atoms with van der Waals surface area (Å²) in [6, 6.07) is 20.7. The molecule has 0 amide bonds. The van der Waals surface area contributed by atoms with Crippen molar-refractivity contribution in [2.24, 2.45) is 0 Å². The highest BCUT2D eigenvalue weighted by atomic mass is 35.5. The van der Waals surface area contributed by atoms with E-state index in [0.29, 0.717) is 16.5 Å². The van der Waals surface area contributed by atoms with Crippen LogP contribution in [0, 0.1) is 0 Å². The molecule has 31 heavy (non-hydrogen) atoms. The van der Waals surface area contributed by atoms with Crippen LogP contribution in [-0.4, -0.2) is 19.9 Å². The van der Waals surface area contributed by atoms with E-state index >= 15 is 0 Å². The number of nitrogens with zero attached hydrogens (tertiary/aromatic N) is 4. The molecule has 5 rings (SSSR count). The summed E-state index contributed by atoms with van der Waals surface area (Å²) in [5.74, 6) is 1.61. The molecule has 0 unspecified atom stereocenters. The smallest absolute Gasteiger partial charge is 0.221 e. The third-order valence-electron chi connectivity index (χ3n) is 4.74. The average Bonchev–Trinajstić information content (AvgIpc) is 2.80. The van der Waals surface area contributed by atoms with Gasteiger partial charge in [-0.25, -0.2) is 9.97 Å². The van der Waals surface area contributed by atoms with Crippen LogP contribution in [0.5, 0.6) is 11.5 Å². The van der Waals surface area contributed by atoms with Crippen molar-refractivity contribution in [2.45, 2.75) is 0 Å². The summed E-state index contributed by atoms with van der Waals surface area (Å²) in [5.41, 5.74) is 9.95. The Labute approximate surface area is 183 Å². The van der Waals surface area contributed by atoms with Crippen LogP contribution >= 0.6 is 11.6 Å². The number of ether oxygens (including phenoxy) is 1. The maximum absolute atomic E-state index is 6.09. The summed E-state index contributed by atoms with van der Waals surface area (Å²) in [5, 5.41) is 1.52. The molecule has 7 heteroatoms. The van der Waals surface area contributed by atoms with Gasteiger partial charge in [0.05, 0.1) is 16.9 Å². The zero-order chi connectivity index (χ0) is 21.2. The lowest BCUT2D eigenvalue weighted by molar-refractivity contribution is 0.488. The molecule has 0 aliphatic rings. The fourth-order valence-electron chi connectivity index (χ4n) is 3.28. The minimum atomic E-state index is 0.207. The van der Waals surface area contributed by atoms with Crippen molar-refractivity contribution in [3.63, 3.8) is 0 Å². The summed E-state index contributed by atoms with van der Waals surface area (Å²) in [4.78, 5) is 17.2. The van der Waals surface area contributed by atoms with Crippen molar-refractivity contribution >= 4 is 28.5 Å². The van der Waals surface area contributed by atoms with Crippen molar-refractivity contribution in [3.05, 3.63) is 90.3 Å². The highest BCUT2D eigenvalue weighted by Gasteiger charge is 2.09. The number of anilines is 1. The number of hydrogen-bond acceptors (Lipinski definition) is 6. The molecule has 0 saturated heterocycles. The van der Waals surface area contributed by atoms with Crippen LogP contribution < -0.4 is 10.5 Å². The fourth-order valence-corrected chi connectivity index (χ4v) is 3.45. The predicted molar refractivity (Wildman–Crippen MR) is 122 cm³/mol. The van der Waals surface area contributed by atoms with E-state index < -0.39 is 0 Å². The van der Waals surface area contributed by atoms with Crippen molar-refractivity contribution in [1.82, 2.24) is 19.9 Å². The summed E-state index contributed by atoms with van der Waals surface area (Å²) >= 11 is 6.06. The van der Waals surface area contributed by atoms with E-state index in [1.807, 2.05) is 66.7 Å². The SMILES string of the molecule is Nc1nc(-c2ccc(Oc3ccnc4cc(Cl)ccc34)cc2)cc(-c2cccnc2)n1. The molecule has 3 aromatic heterocycles. The molecule has 0 radical (unpaired) electrons. The molecule has 0 atom stereocenters. The Morgan fingerprint density at radius 1 is 0.806 bits per heavy atom. The molecule has 2 aromatic carbocycles. The standard InChI is InChI=1S/C24H16ClN5O/c25-17-5-8-19-22(12-17)28-11-9-23(19)31-18-6-3-15(4-7-18)20-13-21(30-24(26)29-20)16-2-1-10-27-14-16/h1-14H,(H2,26,29,30). The fraction of sp³-hybridized carbons (Fsp3) is 0. The molecule has 2 N–H and O–H groups in total.